The van der Waals surface area contributed by atoms with E-state index >= 15 is 4.39 Å². The van der Waals surface area contributed by atoms with E-state index in [1.54, 1.807) is 19.1 Å². The quantitative estimate of drug-likeness (QED) is 0.764. The van der Waals surface area contributed by atoms with Crippen LogP contribution in [0.4, 0.5) is 9.18 Å². The number of benzene rings is 1. The fourth-order valence-electron chi connectivity index (χ4n) is 4.00. The summed E-state index contributed by atoms with van der Waals surface area (Å²) >= 11 is 0. The molecular formula is C18H21FN2O5. The lowest BCUT2D eigenvalue weighted by Gasteiger charge is -2.45. The normalized spacial score (nSPS) is 28.9. The van der Waals surface area contributed by atoms with Gasteiger partial charge < -0.3 is 19.5 Å². The van der Waals surface area contributed by atoms with Crippen LogP contribution in [0.25, 0.3) is 0 Å². The summed E-state index contributed by atoms with van der Waals surface area (Å²) in [6.45, 7) is 4.05. The van der Waals surface area contributed by atoms with Crippen molar-refractivity contribution >= 4 is 12.1 Å². The molecule has 0 aromatic heterocycles. The molecule has 3 aliphatic heterocycles. The van der Waals surface area contributed by atoms with Crippen molar-refractivity contribution in [3.8, 4) is 0 Å². The van der Waals surface area contributed by atoms with Gasteiger partial charge in [-0.3, -0.25) is 4.90 Å². The van der Waals surface area contributed by atoms with E-state index in [1.807, 2.05) is 0 Å². The zero-order chi connectivity index (χ0) is 18.4. The van der Waals surface area contributed by atoms with E-state index in [4.69, 9.17) is 14.6 Å². The number of halogens is 1. The number of piperazine rings is 1. The maximum absolute atomic E-state index is 15.1. The van der Waals surface area contributed by atoms with Crippen molar-refractivity contribution in [1.82, 2.24) is 9.80 Å². The SMILES string of the molecule is C[C@H]1Cc2c(ccc([C@H]3CN4CCN(C(=O)O)C[C@H]4CO3)c2F)C(=O)O1. The summed E-state index contributed by atoms with van der Waals surface area (Å²) in [5, 5.41) is 9.13. The number of hydrogen-bond donors (Lipinski definition) is 1. The minimum absolute atomic E-state index is 0.00760. The van der Waals surface area contributed by atoms with E-state index in [-0.39, 0.29) is 17.7 Å². The number of carboxylic acid groups (broad SMARTS) is 1. The van der Waals surface area contributed by atoms with E-state index in [9.17, 15) is 9.59 Å². The Balaban J connectivity index is 1.54. The van der Waals surface area contributed by atoms with E-state index in [2.05, 4.69) is 4.90 Å². The van der Waals surface area contributed by atoms with E-state index in [0.717, 1.165) is 0 Å². The Labute approximate surface area is 150 Å². The standard InChI is InChI=1S/C18H21FN2O5/c1-10-6-14-12(17(22)26-10)2-3-13(16(14)19)15-8-20-4-5-21(18(23)24)7-11(20)9-25-15/h2-3,10-11,15H,4-9H2,1H3,(H,23,24)/t10-,11-,15+/m0/s1. The van der Waals surface area contributed by atoms with Gasteiger partial charge in [-0.25, -0.2) is 14.0 Å². The molecule has 0 unspecified atom stereocenters. The van der Waals surface area contributed by atoms with Gasteiger partial charge in [0.1, 0.15) is 11.9 Å². The first kappa shape index (κ1) is 17.2. The summed E-state index contributed by atoms with van der Waals surface area (Å²) in [7, 11) is 0. The van der Waals surface area contributed by atoms with Crippen LogP contribution < -0.4 is 0 Å². The van der Waals surface area contributed by atoms with Gasteiger partial charge in [0.05, 0.1) is 24.3 Å². The van der Waals surface area contributed by atoms with Crippen LogP contribution in [0.3, 0.4) is 0 Å². The fourth-order valence-corrected chi connectivity index (χ4v) is 4.00. The minimum atomic E-state index is -0.923. The molecule has 2 fully saturated rings. The monoisotopic (exact) mass is 364 g/mol. The number of nitrogens with zero attached hydrogens (tertiary/aromatic N) is 2. The molecule has 26 heavy (non-hydrogen) atoms. The summed E-state index contributed by atoms with van der Waals surface area (Å²) in [5.41, 5.74) is 1.13. The van der Waals surface area contributed by atoms with Crippen molar-refractivity contribution < 1.29 is 28.6 Å². The maximum atomic E-state index is 15.1. The van der Waals surface area contributed by atoms with Crippen molar-refractivity contribution in [3.05, 3.63) is 34.6 Å². The number of carbonyl (C=O) groups is 2. The van der Waals surface area contributed by atoms with E-state index < -0.39 is 24.0 Å². The van der Waals surface area contributed by atoms with Crippen molar-refractivity contribution in [1.29, 1.82) is 0 Å². The molecule has 1 aromatic carbocycles. The number of fused-ring (bicyclic) bond motifs is 2. The lowest BCUT2D eigenvalue weighted by Crippen LogP contribution is -2.59. The highest BCUT2D eigenvalue weighted by atomic mass is 19.1. The summed E-state index contributed by atoms with van der Waals surface area (Å²) in [4.78, 5) is 26.6. The molecule has 0 radical (unpaired) electrons. The predicted molar refractivity (Wildman–Crippen MR) is 88.6 cm³/mol. The molecule has 1 aromatic rings. The Morgan fingerprint density at radius 3 is 2.88 bits per heavy atom. The average molecular weight is 364 g/mol. The summed E-state index contributed by atoms with van der Waals surface area (Å²) in [6.07, 6.45) is -1.34. The molecule has 140 valence electrons. The highest BCUT2D eigenvalue weighted by molar-refractivity contribution is 5.92. The predicted octanol–water partition coefficient (Wildman–Crippen LogP) is 1.66. The second-order valence-corrected chi connectivity index (χ2v) is 7.11. The number of esters is 1. The van der Waals surface area contributed by atoms with E-state index in [0.29, 0.717) is 50.3 Å². The number of hydrogen-bond acceptors (Lipinski definition) is 5. The number of ether oxygens (including phenoxy) is 2. The molecule has 0 spiro atoms. The first-order valence-corrected chi connectivity index (χ1v) is 8.80. The molecule has 3 atom stereocenters. The van der Waals surface area contributed by atoms with Crippen molar-refractivity contribution in [3.63, 3.8) is 0 Å². The highest BCUT2D eigenvalue weighted by Gasteiger charge is 2.37. The lowest BCUT2D eigenvalue weighted by molar-refractivity contribution is -0.0877. The first-order valence-electron chi connectivity index (χ1n) is 8.80. The molecule has 8 heteroatoms. The molecule has 2 saturated heterocycles. The molecule has 4 rings (SSSR count). The largest absolute Gasteiger partial charge is 0.465 e. The third-order valence-corrected chi connectivity index (χ3v) is 5.40. The average Bonchev–Trinajstić information content (AvgIpc) is 2.61. The molecular weight excluding hydrogens is 343 g/mol. The highest BCUT2D eigenvalue weighted by Crippen LogP contribution is 2.33. The van der Waals surface area contributed by atoms with Crippen LogP contribution in [0.15, 0.2) is 12.1 Å². The molecule has 1 N–H and O–H groups in total. The number of rotatable bonds is 1. The Kier molecular flexibility index (Phi) is 4.32. The van der Waals surface area contributed by atoms with Gasteiger partial charge in [-0.15, -0.1) is 0 Å². The Hall–Kier alpha value is -2.19. The molecule has 0 aliphatic carbocycles. The van der Waals surface area contributed by atoms with Crippen LogP contribution >= 0.6 is 0 Å². The van der Waals surface area contributed by atoms with Gasteiger partial charge in [0.2, 0.25) is 0 Å². The van der Waals surface area contributed by atoms with Crippen LogP contribution in [0.1, 0.15) is 34.5 Å². The Morgan fingerprint density at radius 2 is 2.12 bits per heavy atom. The van der Waals surface area contributed by atoms with Crippen LogP contribution in [-0.4, -0.2) is 71.9 Å². The van der Waals surface area contributed by atoms with Gasteiger partial charge in [-0.05, 0) is 13.0 Å². The number of cyclic esters (lactones) is 1. The molecule has 0 bridgehead atoms. The van der Waals surface area contributed by atoms with Gasteiger partial charge in [0, 0.05) is 43.7 Å². The van der Waals surface area contributed by atoms with Crippen LogP contribution in [-0.2, 0) is 15.9 Å². The zero-order valence-corrected chi connectivity index (χ0v) is 14.5. The molecule has 1 amide bonds. The number of carbonyl (C=O) groups excluding carboxylic acids is 1. The summed E-state index contributed by atoms with van der Waals surface area (Å²) in [6, 6.07) is 3.20. The maximum Gasteiger partial charge on any atom is 0.407 e. The Bertz CT molecular complexity index is 755. The smallest absolute Gasteiger partial charge is 0.407 e. The van der Waals surface area contributed by atoms with Crippen LogP contribution in [0.5, 0.6) is 0 Å². The van der Waals surface area contributed by atoms with Crippen molar-refractivity contribution in [2.75, 3.05) is 32.8 Å². The molecule has 0 saturated carbocycles. The van der Waals surface area contributed by atoms with Crippen LogP contribution in [0, 0.1) is 5.82 Å². The fraction of sp³-hybridized carbons (Fsp3) is 0.556. The van der Waals surface area contributed by atoms with Gasteiger partial charge in [-0.1, -0.05) is 6.07 Å². The summed E-state index contributed by atoms with van der Waals surface area (Å²) in [5.74, 6) is -0.878. The van der Waals surface area contributed by atoms with Gasteiger partial charge in [0.15, 0.2) is 0 Å². The van der Waals surface area contributed by atoms with Gasteiger partial charge >= 0.3 is 12.1 Å². The lowest BCUT2D eigenvalue weighted by atomic mass is 9.93. The molecule has 7 nitrogen and oxygen atoms in total. The molecule has 3 aliphatic rings. The van der Waals surface area contributed by atoms with E-state index in [1.165, 1.54) is 4.90 Å². The van der Waals surface area contributed by atoms with Crippen molar-refractivity contribution in [2.24, 2.45) is 0 Å². The third kappa shape index (κ3) is 2.93. The second-order valence-electron chi connectivity index (χ2n) is 7.11. The molecule has 3 heterocycles. The second kappa shape index (κ2) is 6.51. The zero-order valence-electron chi connectivity index (χ0n) is 14.5. The first-order chi connectivity index (χ1) is 12.4. The minimum Gasteiger partial charge on any atom is -0.465 e. The number of morpholine rings is 1. The third-order valence-electron chi connectivity index (χ3n) is 5.40. The van der Waals surface area contributed by atoms with Gasteiger partial charge in [-0.2, -0.15) is 0 Å². The Morgan fingerprint density at radius 1 is 1.31 bits per heavy atom. The van der Waals surface area contributed by atoms with Gasteiger partial charge in [0.25, 0.3) is 0 Å². The number of amides is 1. The topological polar surface area (TPSA) is 79.3 Å². The van der Waals surface area contributed by atoms with Crippen molar-refractivity contribution in [2.45, 2.75) is 31.6 Å². The van der Waals surface area contributed by atoms with Crippen LogP contribution in [0.2, 0.25) is 0 Å². The summed E-state index contributed by atoms with van der Waals surface area (Å²) < 4.78 is 26.1.